The van der Waals surface area contributed by atoms with Crippen LogP contribution in [0.15, 0.2) is 13.2 Å². The van der Waals surface area contributed by atoms with Crippen molar-refractivity contribution in [2.45, 2.75) is 0 Å². The summed E-state index contributed by atoms with van der Waals surface area (Å²) >= 11 is 0. The minimum absolute atomic E-state index is 0. The molecule has 0 aliphatic carbocycles. The van der Waals surface area contributed by atoms with Crippen molar-refractivity contribution in [1.29, 1.82) is 0 Å². The van der Waals surface area contributed by atoms with E-state index in [4.69, 9.17) is 0 Å². The van der Waals surface area contributed by atoms with Gasteiger partial charge in [0.05, 0.1) is 0 Å². The minimum Gasteiger partial charge on any atom is -0.269 e. The van der Waals surface area contributed by atoms with Gasteiger partial charge in [-0.2, -0.15) is 0 Å². The van der Waals surface area contributed by atoms with Crippen molar-refractivity contribution in [3.8, 4) is 0 Å². The van der Waals surface area contributed by atoms with E-state index in [0.29, 0.717) is 0 Å². The van der Waals surface area contributed by atoms with Gasteiger partial charge in [0.25, 0.3) is 0 Å². The summed E-state index contributed by atoms with van der Waals surface area (Å²) in [6.07, 6.45) is 0. The first kappa shape index (κ1) is 93.4. The van der Waals surface area contributed by atoms with Crippen LogP contribution in [0.4, 0.5) is 9.41 Å². The van der Waals surface area contributed by atoms with E-state index in [9.17, 15) is 0 Å². The lowest BCUT2D eigenvalue weighted by atomic mass is 11.3. The molecule has 0 saturated carbocycles. The average molecular weight is 105 g/mol. The van der Waals surface area contributed by atoms with Crippen LogP contribution in [-0.2, 0) is 0 Å². The predicted molar refractivity (Wildman–Crippen MR) is 23.5 cm³/mol. The van der Waals surface area contributed by atoms with Gasteiger partial charge in [-0.3, -0.25) is 9.41 Å². The van der Waals surface area contributed by atoms with Crippen LogP contribution in [0.5, 0.6) is 0 Å². The summed E-state index contributed by atoms with van der Waals surface area (Å²) in [5, 5.41) is 0. The number of hydrogen-bond acceptors (Lipinski definition) is 0. The smallest absolute Gasteiger partial charge is 0.106 e. The molecule has 0 N–H and O–H groups in total. The Hall–Kier alpha value is -0.110. The highest BCUT2D eigenvalue weighted by Crippen LogP contribution is 0.862. The molecule has 0 fully saturated rings. The molecule has 0 nitrogen and oxygen atoms in total. The van der Waals surface area contributed by atoms with Crippen LogP contribution in [0.25, 0.3) is 0 Å². The molecule has 0 spiro atoms. The van der Waals surface area contributed by atoms with E-state index in [1.807, 2.05) is 0 Å². The zero-order valence-corrected chi connectivity index (χ0v) is 3.46. The Kier molecular flexibility index (Phi) is 50200. The standard InChI is InChI=1S/C2H4.ClH.2FH/c1-2;;;/h1-2H2;3*1H. The lowest BCUT2D eigenvalue weighted by molar-refractivity contribution is 1.11. The van der Waals surface area contributed by atoms with Gasteiger partial charge < -0.3 is 0 Å². The molecule has 0 radical (unpaired) electrons. The van der Waals surface area contributed by atoms with Crippen molar-refractivity contribution >= 4 is 12.4 Å². The van der Waals surface area contributed by atoms with E-state index in [0.717, 1.165) is 0 Å². The molecule has 36 valence electrons. The molecular formula is C2H7ClF2. The molecule has 0 aromatic heterocycles. The molecular weight excluding hydrogens is 97.5 g/mol. The van der Waals surface area contributed by atoms with Crippen molar-refractivity contribution in [2.75, 3.05) is 0 Å². The van der Waals surface area contributed by atoms with Gasteiger partial charge in [0.2, 0.25) is 0 Å². The second kappa shape index (κ2) is 2690. The van der Waals surface area contributed by atoms with Crippen LogP contribution in [-0.4, -0.2) is 0 Å². The molecule has 0 heterocycles. The van der Waals surface area contributed by atoms with Gasteiger partial charge in [0.1, 0.15) is 0 Å². The van der Waals surface area contributed by atoms with E-state index in [1.165, 1.54) is 0 Å². The van der Waals surface area contributed by atoms with Gasteiger partial charge in [-0.1, -0.05) is 0 Å². The fourth-order valence-electron chi connectivity index (χ4n) is 0. The first-order valence-corrected chi connectivity index (χ1v) is 0.500. The van der Waals surface area contributed by atoms with Crippen molar-refractivity contribution in [3.05, 3.63) is 13.2 Å². The van der Waals surface area contributed by atoms with Crippen molar-refractivity contribution < 1.29 is 9.41 Å². The summed E-state index contributed by atoms with van der Waals surface area (Å²) < 4.78 is 0. The normalized spacial score (nSPS) is 0.800. The molecule has 3 heteroatoms. The van der Waals surface area contributed by atoms with Gasteiger partial charge in [0.15, 0.2) is 0 Å². The Bertz CT molecular complexity index is 7.61. The summed E-state index contributed by atoms with van der Waals surface area (Å²) in [5.74, 6) is 0. The molecule has 0 aromatic rings. The number of hydrogen-bond donors (Lipinski definition) is 0. The van der Waals surface area contributed by atoms with Gasteiger partial charge in [-0.05, 0) is 0 Å². The van der Waals surface area contributed by atoms with E-state index >= 15 is 0 Å². The fraction of sp³-hybridized carbons (Fsp3) is 0. The molecule has 0 aliphatic rings. The summed E-state index contributed by atoms with van der Waals surface area (Å²) in [6.45, 7) is 6.00. The van der Waals surface area contributed by atoms with Crippen LogP contribution in [0, 0.1) is 0 Å². The zero-order chi connectivity index (χ0) is 2.00. The Morgan fingerprint density at radius 2 is 0.800 bits per heavy atom. The first-order valence-electron chi connectivity index (χ1n) is 0.500. The Morgan fingerprint density at radius 3 is 0.800 bits per heavy atom. The zero-order valence-electron chi connectivity index (χ0n) is 2.64. The first-order chi connectivity index (χ1) is 1.00. The molecule has 5 heavy (non-hydrogen) atoms. The SMILES string of the molecule is C=C.Cl.F.F. The maximum absolute atomic E-state index is 3.00. The van der Waals surface area contributed by atoms with Crippen LogP contribution in [0.3, 0.4) is 0 Å². The third kappa shape index (κ3) is 1150. The molecule has 0 atom stereocenters. The maximum Gasteiger partial charge on any atom is -0.106 e. The van der Waals surface area contributed by atoms with Crippen LogP contribution < -0.4 is 0 Å². The van der Waals surface area contributed by atoms with Crippen LogP contribution in [0.2, 0.25) is 0 Å². The largest absolute Gasteiger partial charge is 0.269 e. The van der Waals surface area contributed by atoms with Crippen LogP contribution in [0.1, 0.15) is 0 Å². The lowest BCUT2D eigenvalue weighted by Gasteiger charge is -0.813. The van der Waals surface area contributed by atoms with Gasteiger partial charge in [-0.15, -0.1) is 25.6 Å². The van der Waals surface area contributed by atoms with Gasteiger partial charge in [-0.25, -0.2) is 0 Å². The Labute approximate surface area is 36.0 Å². The van der Waals surface area contributed by atoms with Gasteiger partial charge >= 0.3 is 0 Å². The van der Waals surface area contributed by atoms with Gasteiger partial charge in [0, 0.05) is 0 Å². The predicted octanol–water partition coefficient (Wildman–Crippen LogP) is 1.53. The minimum atomic E-state index is 0. The molecule has 0 saturated heterocycles. The number of halogens is 3. The van der Waals surface area contributed by atoms with Crippen molar-refractivity contribution in [1.82, 2.24) is 0 Å². The molecule has 0 amide bonds. The monoisotopic (exact) mass is 104 g/mol. The molecule has 0 bridgehead atoms. The highest BCUT2D eigenvalue weighted by atomic mass is 35.5. The highest BCUT2D eigenvalue weighted by Gasteiger charge is 0.601. The lowest BCUT2D eigenvalue weighted by Crippen LogP contribution is -0.552. The molecule has 0 aliphatic heterocycles. The Morgan fingerprint density at radius 1 is 0.800 bits per heavy atom. The van der Waals surface area contributed by atoms with E-state index < -0.39 is 0 Å². The summed E-state index contributed by atoms with van der Waals surface area (Å²) in [4.78, 5) is 0. The number of rotatable bonds is 0. The molecule has 0 rings (SSSR count). The summed E-state index contributed by atoms with van der Waals surface area (Å²) in [6, 6.07) is 0. The maximum atomic E-state index is 3.00. The third-order valence-corrected chi connectivity index (χ3v) is 0. The quantitative estimate of drug-likeness (QED) is 0.409. The van der Waals surface area contributed by atoms with Crippen molar-refractivity contribution in [2.24, 2.45) is 0 Å². The molecule has 0 aromatic carbocycles. The second-order valence-corrected chi connectivity index (χ2v) is 0. The third-order valence-electron chi connectivity index (χ3n) is 0. The summed E-state index contributed by atoms with van der Waals surface area (Å²) in [7, 11) is 0. The second-order valence-electron chi connectivity index (χ2n) is 0. The average Bonchev–Trinajstić information content (AvgIpc) is 1.00. The van der Waals surface area contributed by atoms with Crippen molar-refractivity contribution in [3.63, 3.8) is 0 Å². The Balaban J connectivity index is -0.00000000167. The molecule has 0 unspecified atom stereocenters. The topological polar surface area (TPSA) is 0 Å². The van der Waals surface area contributed by atoms with E-state index in [1.54, 1.807) is 0 Å². The van der Waals surface area contributed by atoms with Crippen LogP contribution >= 0.6 is 12.4 Å². The highest BCUT2D eigenvalue weighted by molar-refractivity contribution is 5.85. The fourth-order valence-corrected chi connectivity index (χ4v) is 0. The summed E-state index contributed by atoms with van der Waals surface area (Å²) in [5.41, 5.74) is 0. The van der Waals surface area contributed by atoms with E-state index in [2.05, 4.69) is 13.2 Å². The van der Waals surface area contributed by atoms with E-state index in [-0.39, 0.29) is 21.8 Å².